The number of benzene rings is 2. The number of hydrogen-bond acceptors (Lipinski definition) is 2. The lowest BCUT2D eigenvalue weighted by molar-refractivity contribution is -0.682. The molecule has 4 nitrogen and oxygen atoms in total. The van der Waals surface area contributed by atoms with Crippen LogP contribution in [0.4, 0.5) is 5.69 Å². The number of anilines is 1. The van der Waals surface area contributed by atoms with Crippen LogP contribution >= 0.6 is 23.2 Å². The number of carbonyl (C=O) groups is 1. The van der Waals surface area contributed by atoms with Crippen LogP contribution in [0.3, 0.4) is 0 Å². The summed E-state index contributed by atoms with van der Waals surface area (Å²) in [5, 5.41) is 5.91. The third-order valence-corrected chi connectivity index (χ3v) is 4.13. The van der Waals surface area contributed by atoms with E-state index >= 15 is 0 Å². The van der Waals surface area contributed by atoms with Crippen molar-refractivity contribution >= 4 is 34.8 Å². The lowest BCUT2D eigenvalue weighted by atomic mass is 10.1. The van der Waals surface area contributed by atoms with Crippen LogP contribution in [0.1, 0.15) is 18.5 Å². The first-order valence-corrected chi connectivity index (χ1v) is 7.98. The number of nitrogens with one attached hydrogen (secondary N) is 1. The van der Waals surface area contributed by atoms with Crippen molar-refractivity contribution in [3.63, 3.8) is 0 Å². The molecule has 0 aromatic heterocycles. The predicted octanol–water partition coefficient (Wildman–Crippen LogP) is 3.27. The summed E-state index contributed by atoms with van der Waals surface area (Å²) >= 11 is 12.2. The Labute approximate surface area is 145 Å². The third-order valence-electron chi connectivity index (χ3n) is 3.49. The monoisotopic (exact) mass is 353 g/mol. The van der Waals surface area contributed by atoms with Gasteiger partial charge in [0, 0.05) is 16.3 Å². The highest BCUT2D eigenvalue weighted by Crippen LogP contribution is 2.27. The number of carbonyl (C=O) groups excluding carboxylic acids is 1. The molecule has 3 N–H and O–H groups in total. The summed E-state index contributed by atoms with van der Waals surface area (Å²) in [5.41, 5.74) is 1.65. The molecule has 0 heterocycles. The zero-order valence-corrected chi connectivity index (χ0v) is 14.5. The molecule has 0 aliphatic heterocycles. The molecule has 0 unspecified atom stereocenters. The average molecular weight is 354 g/mol. The Morgan fingerprint density at radius 1 is 1.22 bits per heavy atom. The highest BCUT2D eigenvalue weighted by molar-refractivity contribution is 6.32. The number of amides is 1. The van der Waals surface area contributed by atoms with Gasteiger partial charge in [0.05, 0.1) is 12.1 Å². The molecule has 0 saturated heterocycles. The SMILES string of the molecule is COc1ccc(NC(=O)C[NH2+][C@@H](C)c2ccccc2Cl)cc1Cl. The fourth-order valence-electron chi connectivity index (χ4n) is 2.21. The second-order valence-corrected chi connectivity index (χ2v) is 5.96. The van der Waals surface area contributed by atoms with E-state index in [1.54, 1.807) is 25.3 Å². The maximum Gasteiger partial charge on any atom is 0.279 e. The number of rotatable bonds is 6. The quantitative estimate of drug-likeness (QED) is 0.837. The number of nitrogens with two attached hydrogens (primary N) is 1. The van der Waals surface area contributed by atoms with Gasteiger partial charge in [0.2, 0.25) is 0 Å². The second-order valence-electron chi connectivity index (χ2n) is 5.15. The van der Waals surface area contributed by atoms with Gasteiger partial charge >= 0.3 is 0 Å². The van der Waals surface area contributed by atoms with E-state index < -0.39 is 0 Å². The third kappa shape index (κ3) is 4.86. The highest BCUT2D eigenvalue weighted by Gasteiger charge is 2.14. The Morgan fingerprint density at radius 3 is 2.61 bits per heavy atom. The maximum absolute atomic E-state index is 12.0. The van der Waals surface area contributed by atoms with E-state index in [9.17, 15) is 4.79 Å². The molecule has 23 heavy (non-hydrogen) atoms. The van der Waals surface area contributed by atoms with E-state index in [4.69, 9.17) is 27.9 Å². The first-order chi connectivity index (χ1) is 11.0. The largest absolute Gasteiger partial charge is 0.495 e. The molecular formula is C17H19Cl2N2O2+. The topological polar surface area (TPSA) is 54.9 Å². The molecule has 2 rings (SSSR count). The summed E-state index contributed by atoms with van der Waals surface area (Å²) in [7, 11) is 1.55. The van der Waals surface area contributed by atoms with Gasteiger partial charge in [-0.15, -0.1) is 0 Å². The van der Waals surface area contributed by atoms with Crippen molar-refractivity contribution in [3.05, 3.63) is 58.1 Å². The molecule has 0 saturated carbocycles. The number of hydrogen-bond donors (Lipinski definition) is 2. The van der Waals surface area contributed by atoms with E-state index in [1.165, 1.54) is 0 Å². The molecular weight excluding hydrogens is 335 g/mol. The molecule has 0 aliphatic rings. The van der Waals surface area contributed by atoms with Crippen LogP contribution in [-0.2, 0) is 4.79 Å². The number of quaternary nitrogens is 1. The van der Waals surface area contributed by atoms with E-state index in [-0.39, 0.29) is 18.5 Å². The first kappa shape index (κ1) is 17.6. The predicted molar refractivity (Wildman–Crippen MR) is 93.3 cm³/mol. The van der Waals surface area contributed by atoms with Crippen LogP contribution in [-0.4, -0.2) is 19.6 Å². The van der Waals surface area contributed by atoms with Gasteiger partial charge in [-0.2, -0.15) is 0 Å². The van der Waals surface area contributed by atoms with Crippen LogP contribution in [0.5, 0.6) is 5.75 Å². The zero-order chi connectivity index (χ0) is 16.8. The summed E-state index contributed by atoms with van der Waals surface area (Å²) in [5.74, 6) is 0.466. The fourth-order valence-corrected chi connectivity index (χ4v) is 2.78. The Bertz CT molecular complexity index is 692. The highest BCUT2D eigenvalue weighted by atomic mass is 35.5. The van der Waals surface area contributed by atoms with Crippen molar-refractivity contribution < 1.29 is 14.8 Å². The standard InChI is InChI=1S/C17H18Cl2N2O2/c1-11(13-5-3-4-6-14(13)18)20-10-17(22)21-12-7-8-16(23-2)15(19)9-12/h3-9,11,20H,10H2,1-2H3,(H,21,22)/p+1/t11-/m0/s1. The van der Waals surface area contributed by atoms with Gasteiger partial charge in [-0.25, -0.2) is 0 Å². The van der Waals surface area contributed by atoms with E-state index in [0.717, 1.165) is 5.56 Å². The normalized spacial score (nSPS) is 11.8. The molecule has 2 aromatic carbocycles. The molecule has 0 bridgehead atoms. The van der Waals surface area contributed by atoms with Gasteiger partial charge in [0.1, 0.15) is 11.8 Å². The average Bonchev–Trinajstić information content (AvgIpc) is 2.53. The molecule has 1 atom stereocenters. The van der Waals surface area contributed by atoms with E-state index in [1.807, 2.05) is 36.5 Å². The Hall–Kier alpha value is -1.75. The van der Waals surface area contributed by atoms with Crippen LogP contribution in [0.2, 0.25) is 10.0 Å². The maximum atomic E-state index is 12.0. The summed E-state index contributed by atoms with van der Waals surface area (Å²) in [6.45, 7) is 2.30. The van der Waals surface area contributed by atoms with Gasteiger partial charge in [-0.05, 0) is 31.2 Å². The lowest BCUT2D eigenvalue weighted by Gasteiger charge is -2.13. The van der Waals surface area contributed by atoms with Crippen molar-refractivity contribution in [2.24, 2.45) is 0 Å². The van der Waals surface area contributed by atoms with Gasteiger partial charge in [0.25, 0.3) is 5.91 Å². The van der Waals surface area contributed by atoms with E-state index in [2.05, 4.69) is 5.32 Å². The van der Waals surface area contributed by atoms with Crippen molar-refractivity contribution in [1.82, 2.24) is 0 Å². The van der Waals surface area contributed by atoms with Crippen LogP contribution in [0.15, 0.2) is 42.5 Å². The molecule has 6 heteroatoms. The minimum absolute atomic E-state index is 0.0916. The lowest BCUT2D eigenvalue weighted by Crippen LogP contribution is -2.86. The van der Waals surface area contributed by atoms with Crippen molar-refractivity contribution in [2.45, 2.75) is 13.0 Å². The summed E-state index contributed by atoms with van der Waals surface area (Å²) in [4.78, 5) is 12.0. The van der Waals surface area contributed by atoms with Crippen LogP contribution in [0.25, 0.3) is 0 Å². The van der Waals surface area contributed by atoms with Gasteiger partial charge in [0.15, 0.2) is 6.54 Å². The van der Waals surface area contributed by atoms with Gasteiger partial charge in [-0.1, -0.05) is 41.4 Å². The molecule has 0 radical (unpaired) electrons. The Kier molecular flexibility index (Phi) is 6.28. The smallest absolute Gasteiger partial charge is 0.279 e. The van der Waals surface area contributed by atoms with Gasteiger partial charge < -0.3 is 15.4 Å². The second kappa shape index (κ2) is 8.20. The number of ether oxygens (including phenoxy) is 1. The Balaban J connectivity index is 1.90. The van der Waals surface area contributed by atoms with E-state index in [0.29, 0.717) is 21.5 Å². The molecule has 0 aliphatic carbocycles. The molecule has 2 aromatic rings. The zero-order valence-electron chi connectivity index (χ0n) is 13.0. The number of halogens is 2. The molecule has 0 spiro atoms. The Morgan fingerprint density at radius 2 is 1.96 bits per heavy atom. The van der Waals surface area contributed by atoms with Crippen molar-refractivity contribution in [1.29, 1.82) is 0 Å². The van der Waals surface area contributed by atoms with Crippen molar-refractivity contribution in [3.8, 4) is 5.75 Å². The van der Waals surface area contributed by atoms with Crippen molar-refractivity contribution in [2.75, 3.05) is 19.0 Å². The summed E-state index contributed by atoms with van der Waals surface area (Å²) < 4.78 is 5.08. The van der Waals surface area contributed by atoms with Crippen LogP contribution in [0, 0.1) is 0 Å². The number of methoxy groups -OCH3 is 1. The molecule has 1 amide bonds. The molecule has 122 valence electrons. The minimum Gasteiger partial charge on any atom is -0.495 e. The summed E-state index contributed by atoms with van der Waals surface area (Å²) in [6, 6.07) is 12.9. The first-order valence-electron chi connectivity index (χ1n) is 7.22. The summed E-state index contributed by atoms with van der Waals surface area (Å²) in [6.07, 6.45) is 0. The minimum atomic E-state index is -0.106. The molecule has 0 fully saturated rings. The van der Waals surface area contributed by atoms with Gasteiger partial charge in [-0.3, -0.25) is 4.79 Å². The van der Waals surface area contributed by atoms with Crippen LogP contribution < -0.4 is 15.4 Å². The fraction of sp³-hybridized carbons (Fsp3) is 0.235.